The average Bonchev–Trinajstić information content (AvgIpc) is 3.10. The van der Waals surface area contributed by atoms with E-state index in [2.05, 4.69) is 42.6 Å². The second kappa shape index (κ2) is 8.61. The maximum absolute atomic E-state index is 12.3. The van der Waals surface area contributed by atoms with Gasteiger partial charge in [-0.15, -0.1) is 11.3 Å². The Labute approximate surface area is 146 Å². The predicted molar refractivity (Wildman–Crippen MR) is 95.8 cm³/mol. The van der Waals surface area contributed by atoms with Crippen molar-refractivity contribution in [3.05, 3.63) is 57.8 Å². The fraction of sp³-hybridized carbons (Fsp3) is 0.333. The van der Waals surface area contributed by atoms with E-state index in [4.69, 9.17) is 0 Å². The van der Waals surface area contributed by atoms with Gasteiger partial charge in [-0.3, -0.25) is 9.59 Å². The summed E-state index contributed by atoms with van der Waals surface area (Å²) in [6, 6.07) is 12.6. The first-order valence-corrected chi connectivity index (χ1v) is 8.77. The Balaban J connectivity index is 2.05. The molecule has 0 aliphatic heterocycles. The van der Waals surface area contributed by atoms with Gasteiger partial charge < -0.3 is 15.5 Å². The zero-order valence-electron chi connectivity index (χ0n) is 14.3. The van der Waals surface area contributed by atoms with Crippen LogP contribution in [0.3, 0.4) is 0 Å². The lowest BCUT2D eigenvalue weighted by Gasteiger charge is -2.18. The summed E-state index contributed by atoms with van der Waals surface area (Å²) in [5.74, 6) is -0.230. The van der Waals surface area contributed by atoms with Gasteiger partial charge in [0, 0.05) is 19.7 Å². The second-order valence-electron chi connectivity index (χ2n) is 5.77. The van der Waals surface area contributed by atoms with Crippen LogP contribution in [0.4, 0.5) is 0 Å². The minimum atomic E-state index is -0.167. The number of carbonyl (C=O) groups is 2. The molecule has 0 radical (unpaired) electrons. The Kier molecular flexibility index (Phi) is 6.52. The second-order valence-corrected chi connectivity index (χ2v) is 6.75. The molecule has 2 aromatic rings. The Morgan fingerprint density at radius 3 is 2.54 bits per heavy atom. The normalized spacial score (nSPS) is 11.8. The van der Waals surface area contributed by atoms with Crippen molar-refractivity contribution in [2.24, 2.45) is 0 Å². The standard InChI is InChI=1S/C18H23N3O2S/c1-13-6-8-14(9-7-13)18(15-5-4-10-24-15)20-11-17(23)21(3)12-16(22)19-2/h4-10,18,20H,11-12H2,1-3H3,(H,19,22)/p+1/t18-/m0/s1. The van der Waals surface area contributed by atoms with Crippen LogP contribution >= 0.6 is 11.3 Å². The van der Waals surface area contributed by atoms with Gasteiger partial charge in [-0.2, -0.15) is 0 Å². The average molecular weight is 346 g/mol. The highest BCUT2D eigenvalue weighted by molar-refractivity contribution is 7.10. The van der Waals surface area contributed by atoms with Crippen LogP contribution in [0.2, 0.25) is 0 Å². The lowest BCUT2D eigenvalue weighted by molar-refractivity contribution is -0.676. The number of thiophene rings is 1. The Morgan fingerprint density at radius 1 is 1.25 bits per heavy atom. The molecule has 2 rings (SSSR count). The van der Waals surface area contributed by atoms with Gasteiger partial charge in [0.1, 0.15) is 6.04 Å². The lowest BCUT2D eigenvalue weighted by atomic mass is 10.0. The van der Waals surface area contributed by atoms with Crippen molar-refractivity contribution >= 4 is 23.2 Å². The molecule has 128 valence electrons. The molecule has 0 aliphatic rings. The molecule has 0 bridgehead atoms. The summed E-state index contributed by atoms with van der Waals surface area (Å²) >= 11 is 1.68. The molecule has 2 amide bonds. The minimum Gasteiger partial charge on any atom is -0.358 e. The topological polar surface area (TPSA) is 66.0 Å². The number of rotatable bonds is 7. The molecular formula is C18H24N3O2S+. The van der Waals surface area contributed by atoms with Crippen LogP contribution in [0.5, 0.6) is 0 Å². The summed E-state index contributed by atoms with van der Waals surface area (Å²) in [7, 11) is 3.22. The Hall–Kier alpha value is -2.18. The van der Waals surface area contributed by atoms with Crippen molar-refractivity contribution in [1.29, 1.82) is 0 Å². The highest BCUT2D eigenvalue weighted by Gasteiger charge is 2.21. The summed E-state index contributed by atoms with van der Waals surface area (Å²) in [4.78, 5) is 26.3. The molecule has 0 saturated carbocycles. The fourth-order valence-corrected chi connectivity index (χ4v) is 3.27. The van der Waals surface area contributed by atoms with E-state index in [9.17, 15) is 9.59 Å². The molecular weight excluding hydrogens is 322 g/mol. The number of benzene rings is 1. The molecule has 1 aromatic carbocycles. The van der Waals surface area contributed by atoms with Crippen LogP contribution in [0, 0.1) is 6.92 Å². The number of amides is 2. The maximum Gasteiger partial charge on any atom is 0.277 e. The molecule has 0 saturated heterocycles. The zero-order chi connectivity index (χ0) is 17.5. The van der Waals surface area contributed by atoms with Crippen molar-refractivity contribution in [2.75, 3.05) is 27.2 Å². The Bertz CT molecular complexity index is 668. The highest BCUT2D eigenvalue weighted by Crippen LogP contribution is 2.22. The third kappa shape index (κ3) is 4.91. The van der Waals surface area contributed by atoms with Crippen molar-refractivity contribution < 1.29 is 14.9 Å². The zero-order valence-corrected chi connectivity index (χ0v) is 15.1. The number of hydrogen-bond donors (Lipinski definition) is 2. The highest BCUT2D eigenvalue weighted by atomic mass is 32.1. The van der Waals surface area contributed by atoms with E-state index in [0.717, 1.165) is 0 Å². The number of aryl methyl sites for hydroxylation is 1. The van der Waals surface area contributed by atoms with Crippen LogP contribution in [-0.4, -0.2) is 43.9 Å². The number of nitrogens with two attached hydrogens (primary N) is 1. The van der Waals surface area contributed by atoms with Gasteiger partial charge in [-0.1, -0.05) is 35.9 Å². The summed E-state index contributed by atoms with van der Waals surface area (Å²) in [6.07, 6.45) is 0. The smallest absolute Gasteiger partial charge is 0.277 e. The molecule has 1 heterocycles. The van der Waals surface area contributed by atoms with Gasteiger partial charge in [-0.25, -0.2) is 0 Å². The van der Waals surface area contributed by atoms with E-state index in [0.29, 0.717) is 6.54 Å². The van der Waals surface area contributed by atoms with Gasteiger partial charge >= 0.3 is 0 Å². The fourth-order valence-electron chi connectivity index (χ4n) is 2.42. The van der Waals surface area contributed by atoms with E-state index in [-0.39, 0.29) is 24.4 Å². The van der Waals surface area contributed by atoms with Crippen LogP contribution in [0.1, 0.15) is 22.0 Å². The SMILES string of the molecule is CNC(=O)CN(C)C(=O)C[NH2+][C@@H](c1ccc(C)cc1)c1cccs1. The van der Waals surface area contributed by atoms with Crippen LogP contribution < -0.4 is 10.6 Å². The molecule has 0 spiro atoms. The molecule has 1 aromatic heterocycles. The third-order valence-corrected chi connectivity index (χ3v) is 4.86. The van der Waals surface area contributed by atoms with Gasteiger partial charge in [0.05, 0.1) is 11.4 Å². The molecule has 0 unspecified atom stereocenters. The molecule has 3 N–H and O–H groups in total. The summed E-state index contributed by atoms with van der Waals surface area (Å²) in [5, 5.41) is 6.60. The lowest BCUT2D eigenvalue weighted by Crippen LogP contribution is -2.87. The molecule has 5 nitrogen and oxygen atoms in total. The predicted octanol–water partition coefficient (Wildman–Crippen LogP) is 0.914. The number of likely N-dealkylation sites (N-methyl/N-ethyl adjacent to an activating group) is 2. The van der Waals surface area contributed by atoms with E-state index < -0.39 is 0 Å². The quantitative estimate of drug-likeness (QED) is 0.783. The van der Waals surface area contributed by atoms with E-state index in [1.165, 1.54) is 20.9 Å². The van der Waals surface area contributed by atoms with E-state index in [1.807, 2.05) is 16.8 Å². The van der Waals surface area contributed by atoms with Crippen LogP contribution in [0.25, 0.3) is 0 Å². The Morgan fingerprint density at radius 2 is 1.96 bits per heavy atom. The van der Waals surface area contributed by atoms with Gasteiger partial charge in [0.2, 0.25) is 5.91 Å². The molecule has 0 aliphatic carbocycles. The third-order valence-electron chi connectivity index (χ3n) is 3.90. The van der Waals surface area contributed by atoms with Gasteiger partial charge in [0.15, 0.2) is 6.54 Å². The van der Waals surface area contributed by atoms with Crippen LogP contribution in [-0.2, 0) is 9.59 Å². The molecule has 6 heteroatoms. The number of hydrogen-bond acceptors (Lipinski definition) is 3. The first kappa shape index (κ1) is 18.2. The molecule has 1 atom stereocenters. The van der Waals surface area contributed by atoms with E-state index >= 15 is 0 Å². The number of quaternary nitrogens is 1. The summed E-state index contributed by atoms with van der Waals surface area (Å²) in [5.41, 5.74) is 2.38. The molecule has 24 heavy (non-hydrogen) atoms. The van der Waals surface area contributed by atoms with Crippen molar-refractivity contribution in [2.45, 2.75) is 13.0 Å². The monoisotopic (exact) mass is 346 g/mol. The van der Waals surface area contributed by atoms with Gasteiger partial charge in [0.25, 0.3) is 5.91 Å². The molecule has 0 fully saturated rings. The number of nitrogens with zero attached hydrogens (tertiary/aromatic N) is 1. The van der Waals surface area contributed by atoms with Crippen molar-refractivity contribution in [3.8, 4) is 0 Å². The van der Waals surface area contributed by atoms with Gasteiger partial charge in [-0.05, 0) is 18.4 Å². The van der Waals surface area contributed by atoms with Crippen molar-refractivity contribution in [1.82, 2.24) is 10.2 Å². The largest absolute Gasteiger partial charge is 0.358 e. The number of nitrogens with one attached hydrogen (secondary N) is 1. The first-order chi connectivity index (χ1) is 11.5. The van der Waals surface area contributed by atoms with Crippen LogP contribution in [0.15, 0.2) is 41.8 Å². The number of carbonyl (C=O) groups excluding carboxylic acids is 2. The minimum absolute atomic E-state index is 0.0627. The summed E-state index contributed by atoms with van der Waals surface area (Å²) in [6.45, 7) is 2.44. The summed E-state index contributed by atoms with van der Waals surface area (Å²) < 4.78 is 0. The van der Waals surface area contributed by atoms with Crippen molar-refractivity contribution in [3.63, 3.8) is 0 Å². The first-order valence-electron chi connectivity index (χ1n) is 7.89. The van der Waals surface area contributed by atoms with E-state index in [1.54, 1.807) is 25.4 Å². The maximum atomic E-state index is 12.3.